The number of anilines is 1. The second-order valence-electron chi connectivity index (χ2n) is 10.5. The first-order chi connectivity index (χ1) is 20.5. The van der Waals surface area contributed by atoms with Crippen LogP contribution in [-0.2, 0) is 4.79 Å². The number of nitriles is 1. The fourth-order valence-electron chi connectivity index (χ4n) is 5.33. The number of benzene rings is 3. The molecule has 2 heterocycles. The zero-order chi connectivity index (χ0) is 29.5. The molecule has 0 aliphatic carbocycles. The van der Waals surface area contributed by atoms with Crippen LogP contribution < -0.4 is 16.0 Å². The van der Waals surface area contributed by atoms with Gasteiger partial charge in [-0.1, -0.05) is 71.8 Å². The zero-order valence-electron chi connectivity index (χ0n) is 23.4. The molecular weight excluding hydrogens is 548 g/mol. The van der Waals surface area contributed by atoms with E-state index in [9.17, 15) is 14.9 Å². The van der Waals surface area contributed by atoms with Crippen molar-refractivity contribution in [3.8, 4) is 11.8 Å². The lowest BCUT2D eigenvalue weighted by molar-refractivity contribution is -0.126. The van der Waals surface area contributed by atoms with Gasteiger partial charge < -0.3 is 16.0 Å². The van der Waals surface area contributed by atoms with E-state index in [1.807, 2.05) is 37.3 Å². The number of aryl methyl sites for hydroxylation is 1. The Morgan fingerprint density at radius 2 is 1.79 bits per heavy atom. The summed E-state index contributed by atoms with van der Waals surface area (Å²) in [4.78, 5) is 26.5. The van der Waals surface area contributed by atoms with E-state index >= 15 is 0 Å². The van der Waals surface area contributed by atoms with Gasteiger partial charge in [-0.15, -0.1) is 0 Å². The number of ketones is 1. The summed E-state index contributed by atoms with van der Waals surface area (Å²) in [6, 6.07) is 26.6. The van der Waals surface area contributed by atoms with Crippen LogP contribution in [-0.4, -0.2) is 47.6 Å². The van der Waals surface area contributed by atoms with Crippen LogP contribution in [0, 0.1) is 24.2 Å². The van der Waals surface area contributed by atoms with Gasteiger partial charge in [-0.25, -0.2) is 4.68 Å². The van der Waals surface area contributed by atoms with Crippen LogP contribution in [0.25, 0.3) is 5.69 Å². The summed E-state index contributed by atoms with van der Waals surface area (Å²) >= 11 is 6.10. The molecule has 3 N–H and O–H groups in total. The SMILES string of the molecule is Cc1ccc(C(=O)c2nn(-c3ccc(Cl)cc3)c(NCCCNC(=O)C3CNCCC3c3ccccc3)c2C#N)cc1. The van der Waals surface area contributed by atoms with Gasteiger partial charge in [0.05, 0.1) is 11.6 Å². The topological polar surface area (TPSA) is 112 Å². The molecule has 8 nitrogen and oxygen atoms in total. The van der Waals surface area contributed by atoms with Crippen molar-refractivity contribution in [1.29, 1.82) is 5.26 Å². The molecule has 1 saturated heterocycles. The Kier molecular flexibility index (Phi) is 9.32. The fourth-order valence-corrected chi connectivity index (χ4v) is 5.45. The molecule has 214 valence electrons. The molecule has 1 aromatic heterocycles. The predicted octanol–water partition coefficient (Wildman–Crippen LogP) is 5.25. The second-order valence-corrected chi connectivity index (χ2v) is 10.9. The number of piperidine rings is 1. The molecule has 0 radical (unpaired) electrons. The highest BCUT2D eigenvalue weighted by Gasteiger charge is 2.31. The quantitative estimate of drug-likeness (QED) is 0.174. The summed E-state index contributed by atoms with van der Waals surface area (Å²) in [5.41, 5.74) is 3.58. The normalized spacial score (nSPS) is 16.4. The van der Waals surface area contributed by atoms with E-state index in [2.05, 4.69) is 39.3 Å². The molecule has 42 heavy (non-hydrogen) atoms. The van der Waals surface area contributed by atoms with Gasteiger partial charge in [0, 0.05) is 30.2 Å². The third-order valence-electron chi connectivity index (χ3n) is 7.59. The summed E-state index contributed by atoms with van der Waals surface area (Å²) in [5.74, 6) is 0.166. The molecule has 1 fully saturated rings. The maximum atomic E-state index is 13.4. The molecule has 3 aromatic carbocycles. The number of nitrogens with one attached hydrogen (secondary N) is 3. The van der Waals surface area contributed by atoms with Gasteiger partial charge in [0.2, 0.25) is 11.7 Å². The number of rotatable bonds is 10. The molecule has 2 atom stereocenters. The van der Waals surface area contributed by atoms with Gasteiger partial charge in [-0.05, 0) is 62.1 Å². The Hall–Kier alpha value is -4.45. The third-order valence-corrected chi connectivity index (χ3v) is 7.84. The average molecular weight is 581 g/mol. The Morgan fingerprint density at radius 1 is 1.05 bits per heavy atom. The molecule has 4 aromatic rings. The molecule has 0 bridgehead atoms. The Bertz CT molecular complexity index is 1580. The van der Waals surface area contributed by atoms with E-state index in [0.717, 1.165) is 18.5 Å². The van der Waals surface area contributed by atoms with Crippen LogP contribution in [0.4, 0.5) is 5.82 Å². The number of carbonyl (C=O) groups is 2. The average Bonchev–Trinajstić information content (AvgIpc) is 3.40. The summed E-state index contributed by atoms with van der Waals surface area (Å²) in [5, 5.41) is 25.0. The minimum atomic E-state index is -0.330. The molecule has 1 amide bonds. The van der Waals surface area contributed by atoms with Gasteiger partial charge in [-0.3, -0.25) is 9.59 Å². The molecule has 0 spiro atoms. The summed E-state index contributed by atoms with van der Waals surface area (Å²) in [6.45, 7) is 4.41. The maximum Gasteiger partial charge on any atom is 0.225 e. The fraction of sp³-hybridized carbons (Fsp3) is 0.273. The first kappa shape index (κ1) is 29.1. The molecule has 1 aliphatic heterocycles. The van der Waals surface area contributed by atoms with Crippen molar-refractivity contribution in [2.24, 2.45) is 5.92 Å². The lowest BCUT2D eigenvalue weighted by Crippen LogP contribution is -2.45. The van der Waals surface area contributed by atoms with Crippen LogP contribution in [0.5, 0.6) is 0 Å². The highest BCUT2D eigenvalue weighted by atomic mass is 35.5. The van der Waals surface area contributed by atoms with Crippen molar-refractivity contribution in [2.45, 2.75) is 25.7 Å². The van der Waals surface area contributed by atoms with E-state index < -0.39 is 0 Å². The number of hydrogen-bond donors (Lipinski definition) is 3. The number of halogens is 1. The molecule has 0 saturated carbocycles. The largest absolute Gasteiger partial charge is 0.369 e. The van der Waals surface area contributed by atoms with Crippen molar-refractivity contribution in [2.75, 3.05) is 31.5 Å². The van der Waals surface area contributed by atoms with Crippen molar-refractivity contribution >= 4 is 29.1 Å². The Morgan fingerprint density at radius 3 is 2.50 bits per heavy atom. The van der Waals surface area contributed by atoms with Crippen molar-refractivity contribution < 1.29 is 9.59 Å². The van der Waals surface area contributed by atoms with Crippen molar-refractivity contribution in [3.63, 3.8) is 0 Å². The van der Waals surface area contributed by atoms with Crippen molar-refractivity contribution in [1.82, 2.24) is 20.4 Å². The number of amides is 1. The first-order valence-corrected chi connectivity index (χ1v) is 14.5. The lowest BCUT2D eigenvalue weighted by Gasteiger charge is -2.31. The Labute approximate surface area is 250 Å². The van der Waals surface area contributed by atoms with Gasteiger partial charge in [0.15, 0.2) is 5.69 Å². The number of aromatic nitrogens is 2. The van der Waals surface area contributed by atoms with Crippen LogP contribution in [0.1, 0.15) is 51.5 Å². The number of nitrogens with zero attached hydrogens (tertiary/aromatic N) is 3. The minimum Gasteiger partial charge on any atom is -0.369 e. The van der Waals surface area contributed by atoms with Gasteiger partial charge in [-0.2, -0.15) is 10.4 Å². The second kappa shape index (κ2) is 13.5. The molecule has 2 unspecified atom stereocenters. The standard InChI is InChI=1S/C33H33ClN6O2/c1-22-8-10-24(11-9-22)31(41)30-28(20-35)32(40(39-30)26-14-12-25(34)13-15-26)37-17-5-18-38-33(42)29-21-36-19-16-27(29)23-6-3-2-4-7-23/h2-4,6-15,27,29,36-37H,5,16-19,21H2,1H3,(H,38,42). The van der Waals surface area contributed by atoms with Crippen LogP contribution in [0.15, 0.2) is 78.9 Å². The van der Waals surface area contributed by atoms with Gasteiger partial charge >= 0.3 is 0 Å². The highest BCUT2D eigenvalue weighted by Crippen LogP contribution is 2.30. The van der Waals surface area contributed by atoms with Crippen molar-refractivity contribution in [3.05, 3.63) is 112 Å². The highest BCUT2D eigenvalue weighted by molar-refractivity contribution is 6.30. The monoisotopic (exact) mass is 580 g/mol. The van der Waals surface area contributed by atoms with Crippen LogP contribution >= 0.6 is 11.6 Å². The van der Waals surface area contributed by atoms with E-state index in [1.165, 1.54) is 5.56 Å². The number of carbonyl (C=O) groups excluding carboxylic acids is 2. The van der Waals surface area contributed by atoms with Gasteiger partial charge in [0.1, 0.15) is 17.5 Å². The predicted molar refractivity (Wildman–Crippen MR) is 164 cm³/mol. The van der Waals surface area contributed by atoms with E-state index in [4.69, 9.17) is 11.6 Å². The summed E-state index contributed by atoms with van der Waals surface area (Å²) in [7, 11) is 0. The summed E-state index contributed by atoms with van der Waals surface area (Å²) in [6.07, 6.45) is 1.53. The molecular formula is C33H33ClN6O2. The minimum absolute atomic E-state index is 0.0333. The zero-order valence-corrected chi connectivity index (χ0v) is 24.2. The third kappa shape index (κ3) is 6.54. The first-order valence-electron chi connectivity index (χ1n) is 14.1. The van der Waals surface area contributed by atoms with E-state index in [1.54, 1.807) is 41.1 Å². The van der Waals surface area contributed by atoms with Crippen LogP contribution in [0.2, 0.25) is 5.02 Å². The summed E-state index contributed by atoms with van der Waals surface area (Å²) < 4.78 is 1.56. The van der Waals surface area contributed by atoms with E-state index in [-0.39, 0.29) is 34.8 Å². The number of hydrogen-bond acceptors (Lipinski definition) is 6. The molecule has 1 aliphatic rings. The smallest absolute Gasteiger partial charge is 0.225 e. The Balaban J connectivity index is 1.28. The molecule has 5 rings (SSSR count). The van der Waals surface area contributed by atoms with Crippen LogP contribution in [0.3, 0.4) is 0 Å². The van der Waals surface area contributed by atoms with Gasteiger partial charge in [0.25, 0.3) is 0 Å². The maximum absolute atomic E-state index is 13.4. The molecule has 9 heteroatoms. The lowest BCUT2D eigenvalue weighted by atomic mass is 9.80. The van der Waals surface area contributed by atoms with E-state index in [0.29, 0.717) is 48.1 Å².